The lowest BCUT2D eigenvalue weighted by Crippen LogP contribution is -2.42. The maximum Gasteiger partial charge on any atom is 0.308 e. The van der Waals surface area contributed by atoms with Crippen LogP contribution in [0.5, 0.6) is 0 Å². The number of pyridine rings is 1. The van der Waals surface area contributed by atoms with E-state index >= 15 is 0 Å². The molecule has 2 aromatic heterocycles. The van der Waals surface area contributed by atoms with E-state index < -0.39 is 0 Å². The third-order valence-electron chi connectivity index (χ3n) is 2.80. The first-order valence-corrected chi connectivity index (χ1v) is 5.89. The van der Waals surface area contributed by atoms with E-state index in [1.807, 2.05) is 16.8 Å². The summed E-state index contributed by atoms with van der Waals surface area (Å²) in [6.07, 6.45) is 6.53. The smallest absolute Gasteiger partial charge is 0.257 e. The number of rotatable bonds is 1. The molecule has 0 aliphatic heterocycles. The number of aromatic nitrogens is 3. The van der Waals surface area contributed by atoms with E-state index in [4.69, 9.17) is 0 Å². The molecule has 2 heterocycles. The van der Waals surface area contributed by atoms with Crippen molar-refractivity contribution in [3.63, 3.8) is 0 Å². The molecule has 3 nitrogen and oxygen atoms in total. The van der Waals surface area contributed by atoms with Crippen LogP contribution in [0.1, 0.15) is 32.2 Å². The molecular formula is C14H17FN3+. The zero-order valence-electron chi connectivity index (χ0n) is 11.1. The van der Waals surface area contributed by atoms with Crippen LogP contribution in [0.3, 0.4) is 0 Å². The quantitative estimate of drug-likeness (QED) is 0.724. The highest BCUT2D eigenvalue weighted by atomic mass is 19.1. The molecule has 0 bridgehead atoms. The number of hydrogen-bond acceptors (Lipinski definition) is 2. The van der Waals surface area contributed by atoms with Crippen molar-refractivity contribution in [1.29, 1.82) is 0 Å². The fourth-order valence-electron chi connectivity index (χ4n) is 1.85. The molecule has 0 fully saturated rings. The molecule has 0 radical (unpaired) electrons. The van der Waals surface area contributed by atoms with Gasteiger partial charge in [0, 0.05) is 11.6 Å². The molecule has 0 aliphatic carbocycles. The highest BCUT2D eigenvalue weighted by Crippen LogP contribution is 2.18. The fraction of sp³-hybridized carbons (Fsp3) is 0.357. The third kappa shape index (κ3) is 2.23. The minimum atomic E-state index is -0.302. The summed E-state index contributed by atoms with van der Waals surface area (Å²) in [5.74, 6) is 0.573. The van der Waals surface area contributed by atoms with Gasteiger partial charge in [0.15, 0.2) is 5.69 Å². The van der Waals surface area contributed by atoms with E-state index in [9.17, 15) is 4.39 Å². The molecule has 0 amide bonds. The summed E-state index contributed by atoms with van der Waals surface area (Å²) < 4.78 is 15.5. The average Bonchev–Trinajstić information content (AvgIpc) is 2.32. The van der Waals surface area contributed by atoms with Crippen LogP contribution in [0.2, 0.25) is 0 Å². The largest absolute Gasteiger partial charge is 0.308 e. The Morgan fingerprint density at radius 3 is 2.61 bits per heavy atom. The Balaban J connectivity index is 2.69. The first kappa shape index (κ1) is 12.6. The standard InChI is InChI=1S/C14H17FN3/c1-10-11(15)8-16-9-12(10)18-7-5-6-17-13(18)14(2,3)4/h5-9H,1-4H3/q+1. The molecule has 2 aromatic rings. The van der Waals surface area contributed by atoms with E-state index in [1.165, 1.54) is 6.20 Å². The Bertz CT molecular complexity index is 573. The monoisotopic (exact) mass is 246 g/mol. The zero-order valence-corrected chi connectivity index (χ0v) is 11.1. The molecule has 0 unspecified atom stereocenters. The maximum atomic E-state index is 13.6. The maximum absolute atomic E-state index is 13.6. The van der Waals surface area contributed by atoms with Crippen molar-refractivity contribution in [2.45, 2.75) is 33.1 Å². The summed E-state index contributed by atoms with van der Waals surface area (Å²) in [6, 6.07) is 1.83. The van der Waals surface area contributed by atoms with E-state index in [-0.39, 0.29) is 11.2 Å². The molecule has 0 aliphatic rings. The molecule has 18 heavy (non-hydrogen) atoms. The van der Waals surface area contributed by atoms with E-state index in [0.29, 0.717) is 5.56 Å². The van der Waals surface area contributed by atoms with Crippen LogP contribution >= 0.6 is 0 Å². The van der Waals surface area contributed by atoms with Crippen LogP contribution in [0.4, 0.5) is 4.39 Å². The Hall–Kier alpha value is -1.84. The molecule has 0 spiro atoms. The molecule has 4 heteroatoms. The van der Waals surface area contributed by atoms with Gasteiger partial charge in [-0.05, 0) is 27.7 Å². The Kier molecular flexibility index (Phi) is 3.11. The predicted octanol–water partition coefficient (Wildman–Crippen LogP) is 2.50. The summed E-state index contributed by atoms with van der Waals surface area (Å²) >= 11 is 0. The van der Waals surface area contributed by atoms with Crippen molar-refractivity contribution in [2.24, 2.45) is 0 Å². The average molecular weight is 246 g/mol. The van der Waals surface area contributed by atoms with Gasteiger partial charge < -0.3 is 0 Å². The summed E-state index contributed by atoms with van der Waals surface area (Å²) in [6.45, 7) is 7.98. The summed E-state index contributed by atoms with van der Waals surface area (Å²) in [5, 5.41) is 0. The second-order valence-electron chi connectivity index (χ2n) is 5.33. The Morgan fingerprint density at radius 2 is 1.94 bits per heavy atom. The molecule has 0 saturated heterocycles. The lowest BCUT2D eigenvalue weighted by atomic mass is 9.95. The van der Waals surface area contributed by atoms with E-state index in [1.54, 1.807) is 19.3 Å². The number of nitrogens with zero attached hydrogens (tertiary/aromatic N) is 3. The van der Waals surface area contributed by atoms with Crippen molar-refractivity contribution in [3.05, 3.63) is 48.1 Å². The van der Waals surface area contributed by atoms with Crippen LogP contribution in [-0.2, 0) is 5.41 Å². The van der Waals surface area contributed by atoms with Crippen LogP contribution in [0.25, 0.3) is 5.69 Å². The molecule has 0 aromatic carbocycles. The Morgan fingerprint density at radius 1 is 1.22 bits per heavy atom. The van der Waals surface area contributed by atoms with Crippen molar-refractivity contribution in [2.75, 3.05) is 0 Å². The van der Waals surface area contributed by atoms with Gasteiger partial charge in [0.2, 0.25) is 0 Å². The topological polar surface area (TPSA) is 29.7 Å². The second-order valence-corrected chi connectivity index (χ2v) is 5.33. The lowest BCUT2D eigenvalue weighted by Gasteiger charge is -2.15. The van der Waals surface area contributed by atoms with Crippen LogP contribution in [-0.4, -0.2) is 9.97 Å². The number of halogens is 1. The van der Waals surface area contributed by atoms with E-state index in [2.05, 4.69) is 30.7 Å². The highest BCUT2D eigenvalue weighted by Gasteiger charge is 2.29. The summed E-state index contributed by atoms with van der Waals surface area (Å²) in [7, 11) is 0. The first-order valence-electron chi connectivity index (χ1n) is 5.89. The molecule has 2 rings (SSSR count). The van der Waals surface area contributed by atoms with Gasteiger partial charge in [0.05, 0.1) is 17.8 Å². The van der Waals surface area contributed by atoms with Crippen molar-refractivity contribution in [1.82, 2.24) is 9.97 Å². The van der Waals surface area contributed by atoms with Gasteiger partial charge in [-0.2, -0.15) is 4.57 Å². The molecular weight excluding hydrogens is 229 g/mol. The van der Waals surface area contributed by atoms with Crippen LogP contribution in [0, 0.1) is 12.7 Å². The van der Waals surface area contributed by atoms with Gasteiger partial charge in [-0.25, -0.2) is 4.39 Å². The fourth-order valence-corrected chi connectivity index (χ4v) is 1.85. The van der Waals surface area contributed by atoms with Gasteiger partial charge in [-0.3, -0.25) is 4.98 Å². The zero-order chi connectivity index (χ0) is 13.3. The molecule has 0 saturated carbocycles. The van der Waals surface area contributed by atoms with Gasteiger partial charge in [0.1, 0.15) is 18.2 Å². The normalized spacial score (nSPS) is 11.6. The Labute approximate surface area is 106 Å². The number of hydrogen-bond donors (Lipinski definition) is 0. The minimum absolute atomic E-state index is 0.125. The third-order valence-corrected chi connectivity index (χ3v) is 2.80. The highest BCUT2D eigenvalue weighted by molar-refractivity contribution is 5.30. The van der Waals surface area contributed by atoms with Crippen molar-refractivity contribution < 1.29 is 8.96 Å². The summed E-state index contributed by atoms with van der Waals surface area (Å²) in [4.78, 5) is 8.33. The van der Waals surface area contributed by atoms with Gasteiger partial charge in [-0.15, -0.1) is 0 Å². The van der Waals surface area contributed by atoms with Crippen molar-refractivity contribution in [3.8, 4) is 5.69 Å². The van der Waals surface area contributed by atoms with Crippen molar-refractivity contribution >= 4 is 0 Å². The molecule has 0 N–H and O–H groups in total. The van der Waals surface area contributed by atoms with Crippen LogP contribution in [0.15, 0.2) is 30.9 Å². The second kappa shape index (κ2) is 4.44. The van der Waals surface area contributed by atoms with Gasteiger partial charge in [-0.1, -0.05) is 4.98 Å². The van der Waals surface area contributed by atoms with E-state index in [0.717, 1.165) is 11.5 Å². The first-order chi connectivity index (χ1) is 8.41. The van der Waals surface area contributed by atoms with Gasteiger partial charge >= 0.3 is 5.82 Å². The SMILES string of the molecule is Cc1c(F)cncc1-[n+]1cccnc1C(C)(C)C. The summed E-state index contributed by atoms with van der Waals surface area (Å²) in [5.41, 5.74) is 1.18. The van der Waals surface area contributed by atoms with Gasteiger partial charge in [0.25, 0.3) is 0 Å². The van der Waals surface area contributed by atoms with Crippen LogP contribution < -0.4 is 4.57 Å². The lowest BCUT2D eigenvalue weighted by molar-refractivity contribution is -0.613. The predicted molar refractivity (Wildman–Crippen MR) is 67.0 cm³/mol. The molecule has 0 atom stereocenters. The molecule has 94 valence electrons. The minimum Gasteiger partial charge on any atom is -0.257 e.